The summed E-state index contributed by atoms with van der Waals surface area (Å²) in [7, 11) is 2.17. The largest absolute Gasteiger partial charge is 0.464 e. The van der Waals surface area contributed by atoms with E-state index in [-0.39, 0.29) is 6.09 Å². The number of benzene rings is 1. The van der Waals surface area contributed by atoms with Gasteiger partial charge in [-0.15, -0.1) is 0 Å². The number of nitrogens with zero attached hydrogens (tertiary/aromatic N) is 2. The summed E-state index contributed by atoms with van der Waals surface area (Å²) in [5.74, 6) is 0.924. The number of rotatable bonds is 1. The van der Waals surface area contributed by atoms with Crippen LogP contribution in [0.5, 0.6) is 0 Å². The minimum Gasteiger partial charge on any atom is -0.464 e. The summed E-state index contributed by atoms with van der Waals surface area (Å²) in [5.41, 5.74) is 6.08. The second kappa shape index (κ2) is 7.19. The number of furan rings is 1. The molecule has 0 aliphatic carbocycles. The number of anilines is 1. The Labute approximate surface area is 167 Å². The van der Waals surface area contributed by atoms with Crippen LogP contribution in [0.25, 0.3) is 11.3 Å². The number of aryl methyl sites for hydroxylation is 1. The molecule has 4 rings (SSSR count). The number of carbonyl (C=O) groups is 1. The van der Waals surface area contributed by atoms with Gasteiger partial charge in [0.25, 0.3) is 0 Å². The highest BCUT2D eigenvalue weighted by molar-refractivity contribution is 5.83. The van der Waals surface area contributed by atoms with Crippen LogP contribution in [0, 0.1) is 0 Å². The molecule has 1 aromatic carbocycles. The number of ether oxygens (including phenoxy) is 1. The molecule has 5 heteroatoms. The van der Waals surface area contributed by atoms with E-state index >= 15 is 0 Å². The van der Waals surface area contributed by atoms with Crippen LogP contribution in [0.4, 0.5) is 10.5 Å². The molecular formula is C23H30N2O3. The van der Waals surface area contributed by atoms with Crippen molar-refractivity contribution in [2.75, 3.05) is 31.6 Å². The van der Waals surface area contributed by atoms with Gasteiger partial charge in [0, 0.05) is 32.2 Å². The summed E-state index contributed by atoms with van der Waals surface area (Å²) in [6, 6.07) is 6.37. The van der Waals surface area contributed by atoms with Crippen LogP contribution < -0.4 is 4.90 Å². The normalized spacial score (nSPS) is 17.0. The third-order valence-corrected chi connectivity index (χ3v) is 5.60. The molecule has 150 valence electrons. The lowest BCUT2D eigenvalue weighted by Gasteiger charge is -2.31. The molecule has 0 bridgehead atoms. The van der Waals surface area contributed by atoms with Crippen molar-refractivity contribution in [2.45, 2.75) is 52.1 Å². The molecule has 0 atom stereocenters. The molecule has 0 saturated carbocycles. The molecule has 0 radical (unpaired) electrons. The summed E-state index contributed by atoms with van der Waals surface area (Å²) >= 11 is 0. The maximum Gasteiger partial charge on any atom is 0.410 e. The SMILES string of the molecule is CN1CCCc2cc3c(c(-c4ccco4)c21)CCN(C(=O)OC(C)(C)C)CC3. The van der Waals surface area contributed by atoms with Crippen molar-refractivity contribution in [2.24, 2.45) is 0 Å². The van der Waals surface area contributed by atoms with E-state index in [2.05, 4.69) is 24.1 Å². The lowest BCUT2D eigenvalue weighted by atomic mass is 9.87. The predicted molar refractivity (Wildman–Crippen MR) is 111 cm³/mol. The highest BCUT2D eigenvalue weighted by Crippen LogP contribution is 2.42. The zero-order chi connectivity index (χ0) is 19.9. The van der Waals surface area contributed by atoms with Gasteiger partial charge in [-0.2, -0.15) is 0 Å². The van der Waals surface area contributed by atoms with Crippen LogP contribution in [0.2, 0.25) is 0 Å². The maximum atomic E-state index is 12.6. The molecule has 2 aromatic rings. The quantitative estimate of drug-likeness (QED) is 0.719. The monoisotopic (exact) mass is 382 g/mol. The van der Waals surface area contributed by atoms with Gasteiger partial charge in [-0.05, 0) is 75.3 Å². The van der Waals surface area contributed by atoms with Crippen LogP contribution in [0.15, 0.2) is 28.9 Å². The van der Waals surface area contributed by atoms with Gasteiger partial charge in [0.05, 0.1) is 12.0 Å². The van der Waals surface area contributed by atoms with Gasteiger partial charge in [-0.1, -0.05) is 6.07 Å². The van der Waals surface area contributed by atoms with Gasteiger partial charge >= 0.3 is 6.09 Å². The number of amides is 1. The molecule has 1 amide bonds. The van der Waals surface area contributed by atoms with Crippen molar-refractivity contribution in [1.82, 2.24) is 4.90 Å². The number of fused-ring (bicyclic) bond motifs is 2. The summed E-state index contributed by atoms with van der Waals surface area (Å²) in [5, 5.41) is 0. The van der Waals surface area contributed by atoms with Crippen molar-refractivity contribution in [3.8, 4) is 11.3 Å². The van der Waals surface area contributed by atoms with E-state index in [1.165, 1.54) is 34.4 Å². The number of hydrogen-bond donors (Lipinski definition) is 0. The van der Waals surface area contributed by atoms with Crippen LogP contribution in [0.1, 0.15) is 43.9 Å². The molecule has 3 heterocycles. The Morgan fingerprint density at radius 2 is 1.89 bits per heavy atom. The van der Waals surface area contributed by atoms with Crippen molar-refractivity contribution < 1.29 is 13.9 Å². The van der Waals surface area contributed by atoms with Gasteiger partial charge in [0.2, 0.25) is 0 Å². The van der Waals surface area contributed by atoms with E-state index in [1.807, 2.05) is 31.7 Å². The molecule has 0 saturated heterocycles. The Morgan fingerprint density at radius 3 is 2.61 bits per heavy atom. The Kier molecular flexibility index (Phi) is 4.86. The molecule has 2 aliphatic heterocycles. The molecule has 28 heavy (non-hydrogen) atoms. The Morgan fingerprint density at radius 1 is 1.11 bits per heavy atom. The fraction of sp³-hybridized carbons (Fsp3) is 0.522. The van der Waals surface area contributed by atoms with Gasteiger partial charge in [0.1, 0.15) is 11.4 Å². The second-order valence-corrected chi connectivity index (χ2v) is 8.87. The molecular weight excluding hydrogens is 352 g/mol. The van der Waals surface area contributed by atoms with Crippen LogP contribution >= 0.6 is 0 Å². The fourth-order valence-electron chi connectivity index (χ4n) is 4.39. The zero-order valence-electron chi connectivity index (χ0n) is 17.4. The van der Waals surface area contributed by atoms with Crippen LogP contribution in [-0.4, -0.2) is 43.3 Å². The molecule has 0 unspecified atom stereocenters. The standard InChI is InChI=1S/C23H30N2O3/c1-23(2,3)28-22(26)25-12-9-16-15-17-7-5-11-24(4)21(17)20(18(16)10-13-25)19-8-6-14-27-19/h6,8,14-15H,5,7,9-13H2,1-4H3. The Balaban J connectivity index is 1.72. The molecule has 5 nitrogen and oxygen atoms in total. The average molecular weight is 383 g/mol. The van der Waals surface area contributed by atoms with Crippen LogP contribution in [-0.2, 0) is 24.0 Å². The minimum atomic E-state index is -0.475. The van der Waals surface area contributed by atoms with Gasteiger partial charge in [-0.3, -0.25) is 0 Å². The first-order valence-electron chi connectivity index (χ1n) is 10.2. The summed E-state index contributed by atoms with van der Waals surface area (Å²) in [6.07, 6.45) is 5.45. The molecule has 1 aromatic heterocycles. The van der Waals surface area contributed by atoms with E-state index in [0.717, 1.165) is 31.6 Å². The van der Waals surface area contributed by atoms with E-state index < -0.39 is 5.60 Å². The molecule has 0 spiro atoms. The van der Waals surface area contributed by atoms with Crippen molar-refractivity contribution in [3.05, 3.63) is 41.2 Å². The lowest BCUT2D eigenvalue weighted by molar-refractivity contribution is 0.0258. The van der Waals surface area contributed by atoms with E-state index in [9.17, 15) is 4.79 Å². The van der Waals surface area contributed by atoms with Gasteiger partial charge in [0.15, 0.2) is 0 Å². The summed E-state index contributed by atoms with van der Waals surface area (Å²) in [4.78, 5) is 16.8. The maximum absolute atomic E-state index is 12.6. The Hall–Kier alpha value is -2.43. The highest BCUT2D eigenvalue weighted by atomic mass is 16.6. The van der Waals surface area contributed by atoms with Gasteiger partial charge in [-0.25, -0.2) is 4.79 Å². The third-order valence-electron chi connectivity index (χ3n) is 5.60. The summed E-state index contributed by atoms with van der Waals surface area (Å²) in [6.45, 7) is 8.15. The fourth-order valence-corrected chi connectivity index (χ4v) is 4.39. The smallest absolute Gasteiger partial charge is 0.410 e. The van der Waals surface area contributed by atoms with Crippen molar-refractivity contribution >= 4 is 11.8 Å². The number of carbonyl (C=O) groups excluding carboxylic acids is 1. The third kappa shape index (κ3) is 3.62. The topological polar surface area (TPSA) is 45.9 Å². The van der Waals surface area contributed by atoms with E-state index in [0.29, 0.717) is 13.1 Å². The second-order valence-electron chi connectivity index (χ2n) is 8.87. The average Bonchev–Trinajstić information content (AvgIpc) is 3.05. The Bertz CT molecular complexity index is 865. The van der Waals surface area contributed by atoms with E-state index in [4.69, 9.17) is 9.15 Å². The van der Waals surface area contributed by atoms with Gasteiger partial charge < -0.3 is 19.0 Å². The predicted octanol–water partition coefficient (Wildman–Crippen LogP) is 4.66. The van der Waals surface area contributed by atoms with E-state index in [1.54, 1.807) is 6.26 Å². The van der Waals surface area contributed by atoms with Crippen molar-refractivity contribution in [1.29, 1.82) is 0 Å². The van der Waals surface area contributed by atoms with Crippen LogP contribution in [0.3, 0.4) is 0 Å². The zero-order valence-corrected chi connectivity index (χ0v) is 17.4. The lowest BCUT2D eigenvalue weighted by Crippen LogP contribution is -2.38. The first-order valence-corrected chi connectivity index (χ1v) is 10.2. The molecule has 0 fully saturated rings. The molecule has 2 aliphatic rings. The molecule has 0 N–H and O–H groups in total. The number of hydrogen-bond acceptors (Lipinski definition) is 4. The summed E-state index contributed by atoms with van der Waals surface area (Å²) < 4.78 is 11.5. The highest BCUT2D eigenvalue weighted by Gasteiger charge is 2.29. The minimum absolute atomic E-state index is 0.221. The first-order chi connectivity index (χ1) is 13.3. The first kappa shape index (κ1) is 18.9. The van der Waals surface area contributed by atoms with Crippen molar-refractivity contribution in [3.63, 3.8) is 0 Å².